The molecule has 2 fully saturated rings. The lowest BCUT2D eigenvalue weighted by Crippen LogP contribution is -2.45. The van der Waals surface area contributed by atoms with E-state index in [0.717, 1.165) is 44.7 Å². The Morgan fingerprint density at radius 3 is 3.18 bits per heavy atom. The third kappa shape index (κ3) is 1.62. The monoisotopic (exact) mass is 255 g/mol. The highest BCUT2D eigenvalue weighted by Gasteiger charge is 2.48. The average molecular weight is 256 g/mol. The fourth-order valence-corrected chi connectivity index (χ4v) is 3.61. The van der Waals surface area contributed by atoms with Crippen LogP contribution in [0.4, 0.5) is 0 Å². The third-order valence-electron chi connectivity index (χ3n) is 4.26. The maximum atomic E-state index is 11.0. The van der Waals surface area contributed by atoms with Gasteiger partial charge in [0.25, 0.3) is 0 Å². The molecule has 3 rings (SSSR count). The molecule has 0 amide bonds. The first-order valence-corrected chi connectivity index (χ1v) is 6.69. The van der Waals surface area contributed by atoms with Crippen molar-refractivity contribution in [2.24, 2.45) is 5.92 Å². The molecule has 1 N–H and O–H groups in total. The van der Waals surface area contributed by atoms with E-state index in [1.165, 1.54) is 0 Å². The molecule has 5 heteroatoms. The SMILES string of the molecule is CCn1ncc(Cl)c1C1(O)CCN2CCC1C2. The van der Waals surface area contributed by atoms with Crippen molar-refractivity contribution < 1.29 is 5.11 Å². The second-order valence-electron chi connectivity index (χ2n) is 5.12. The summed E-state index contributed by atoms with van der Waals surface area (Å²) in [7, 11) is 0. The topological polar surface area (TPSA) is 41.3 Å². The number of aryl methyl sites for hydroxylation is 1. The van der Waals surface area contributed by atoms with Gasteiger partial charge in [0.05, 0.1) is 16.9 Å². The van der Waals surface area contributed by atoms with Gasteiger partial charge < -0.3 is 10.0 Å². The van der Waals surface area contributed by atoms with Crippen molar-refractivity contribution in [2.45, 2.75) is 31.9 Å². The number of hydrogen-bond donors (Lipinski definition) is 1. The number of hydrogen-bond acceptors (Lipinski definition) is 3. The Bertz CT molecular complexity index is 433. The first-order chi connectivity index (χ1) is 8.15. The number of fused-ring (bicyclic) bond motifs is 2. The first-order valence-electron chi connectivity index (χ1n) is 6.31. The van der Waals surface area contributed by atoms with Crippen LogP contribution in [0, 0.1) is 5.92 Å². The molecule has 17 heavy (non-hydrogen) atoms. The molecule has 0 saturated carbocycles. The predicted molar refractivity (Wildman–Crippen MR) is 66.0 cm³/mol. The van der Waals surface area contributed by atoms with Crippen molar-refractivity contribution >= 4 is 11.6 Å². The molecule has 2 aliphatic heterocycles. The molecule has 0 aliphatic carbocycles. The third-order valence-corrected chi connectivity index (χ3v) is 4.54. The highest BCUT2D eigenvalue weighted by molar-refractivity contribution is 6.31. The fraction of sp³-hybridized carbons (Fsp3) is 0.750. The fourth-order valence-electron chi connectivity index (χ4n) is 3.30. The summed E-state index contributed by atoms with van der Waals surface area (Å²) >= 11 is 6.23. The van der Waals surface area contributed by atoms with Gasteiger partial charge in [0.15, 0.2) is 0 Å². The molecule has 0 spiro atoms. The minimum Gasteiger partial charge on any atom is -0.383 e. The molecular weight excluding hydrogens is 238 g/mol. The van der Waals surface area contributed by atoms with Crippen molar-refractivity contribution in [3.05, 3.63) is 16.9 Å². The summed E-state index contributed by atoms with van der Waals surface area (Å²) in [5.74, 6) is 0.302. The van der Waals surface area contributed by atoms with Crippen LogP contribution in [0.2, 0.25) is 5.02 Å². The summed E-state index contributed by atoms with van der Waals surface area (Å²) < 4.78 is 1.84. The lowest BCUT2D eigenvalue weighted by atomic mass is 9.79. The van der Waals surface area contributed by atoms with Crippen molar-refractivity contribution in [2.75, 3.05) is 19.6 Å². The van der Waals surface area contributed by atoms with Crippen LogP contribution in [0.3, 0.4) is 0 Å². The second kappa shape index (κ2) is 3.97. The maximum Gasteiger partial charge on any atom is 0.113 e. The zero-order valence-electron chi connectivity index (χ0n) is 10.1. The quantitative estimate of drug-likeness (QED) is 0.870. The van der Waals surface area contributed by atoms with E-state index < -0.39 is 5.60 Å². The lowest BCUT2D eigenvalue weighted by molar-refractivity contribution is -0.0568. The summed E-state index contributed by atoms with van der Waals surface area (Å²) in [4.78, 5) is 2.42. The zero-order chi connectivity index (χ0) is 12.0. The zero-order valence-corrected chi connectivity index (χ0v) is 10.8. The van der Waals surface area contributed by atoms with Crippen LogP contribution in [0.1, 0.15) is 25.5 Å². The Balaban J connectivity index is 2.04. The Morgan fingerprint density at radius 2 is 2.41 bits per heavy atom. The van der Waals surface area contributed by atoms with Gasteiger partial charge in [0.2, 0.25) is 0 Å². The molecule has 1 aromatic rings. The van der Waals surface area contributed by atoms with Gasteiger partial charge in [-0.2, -0.15) is 5.10 Å². The van der Waals surface area contributed by atoms with Crippen LogP contribution >= 0.6 is 11.6 Å². The molecule has 2 bridgehead atoms. The van der Waals surface area contributed by atoms with Crippen LogP contribution in [0.5, 0.6) is 0 Å². The van der Waals surface area contributed by atoms with Gasteiger partial charge >= 0.3 is 0 Å². The number of aliphatic hydroxyl groups is 1. The Hall–Kier alpha value is -0.580. The first kappa shape index (κ1) is 11.5. The molecule has 3 unspecified atom stereocenters. The Morgan fingerprint density at radius 1 is 1.59 bits per heavy atom. The van der Waals surface area contributed by atoms with Crippen LogP contribution in [0.15, 0.2) is 6.20 Å². The van der Waals surface area contributed by atoms with Gasteiger partial charge in [0.1, 0.15) is 5.60 Å². The summed E-state index contributed by atoms with van der Waals surface area (Å²) in [6, 6.07) is 0. The molecule has 2 aliphatic rings. The summed E-state index contributed by atoms with van der Waals surface area (Å²) in [5.41, 5.74) is 0.0459. The number of rotatable bonds is 2. The molecule has 94 valence electrons. The van der Waals surface area contributed by atoms with E-state index in [0.29, 0.717) is 10.9 Å². The second-order valence-corrected chi connectivity index (χ2v) is 5.52. The maximum absolute atomic E-state index is 11.0. The van der Waals surface area contributed by atoms with Crippen molar-refractivity contribution in [3.8, 4) is 0 Å². The molecule has 1 aromatic heterocycles. The molecule has 3 heterocycles. The molecule has 4 nitrogen and oxygen atoms in total. The van der Waals surface area contributed by atoms with Crippen LogP contribution in [-0.2, 0) is 12.1 Å². The van der Waals surface area contributed by atoms with Crippen LogP contribution < -0.4 is 0 Å². The van der Waals surface area contributed by atoms with Gasteiger partial charge in [-0.15, -0.1) is 0 Å². The highest BCUT2D eigenvalue weighted by atomic mass is 35.5. The Kier molecular flexibility index (Phi) is 2.69. The van der Waals surface area contributed by atoms with E-state index in [9.17, 15) is 5.11 Å². The van der Waals surface area contributed by atoms with Gasteiger partial charge in [-0.3, -0.25) is 4.68 Å². The van der Waals surface area contributed by atoms with E-state index in [1.54, 1.807) is 6.20 Å². The minimum atomic E-state index is -0.781. The van der Waals surface area contributed by atoms with E-state index >= 15 is 0 Å². The van der Waals surface area contributed by atoms with Crippen molar-refractivity contribution in [1.29, 1.82) is 0 Å². The average Bonchev–Trinajstić information content (AvgIpc) is 2.90. The predicted octanol–water partition coefficient (Wildman–Crippen LogP) is 1.47. The lowest BCUT2D eigenvalue weighted by Gasteiger charge is -2.39. The largest absolute Gasteiger partial charge is 0.383 e. The smallest absolute Gasteiger partial charge is 0.113 e. The molecule has 2 saturated heterocycles. The Labute approximate surface area is 106 Å². The van der Waals surface area contributed by atoms with Crippen LogP contribution in [0.25, 0.3) is 0 Å². The summed E-state index contributed by atoms with van der Waals surface area (Å²) in [6.07, 6.45) is 3.48. The van der Waals surface area contributed by atoms with Crippen molar-refractivity contribution in [1.82, 2.24) is 14.7 Å². The summed E-state index contributed by atoms with van der Waals surface area (Å²) in [5, 5.41) is 15.9. The van der Waals surface area contributed by atoms with Gasteiger partial charge in [-0.1, -0.05) is 11.6 Å². The van der Waals surface area contributed by atoms with Crippen LogP contribution in [-0.4, -0.2) is 39.4 Å². The highest BCUT2D eigenvalue weighted by Crippen LogP contribution is 2.44. The number of halogens is 1. The van der Waals surface area contributed by atoms with Gasteiger partial charge in [-0.25, -0.2) is 0 Å². The number of aromatic nitrogens is 2. The van der Waals surface area contributed by atoms with E-state index in [4.69, 9.17) is 11.6 Å². The number of nitrogens with zero attached hydrogens (tertiary/aromatic N) is 3. The molecule has 3 atom stereocenters. The molecular formula is C12H18ClN3O. The molecule has 0 radical (unpaired) electrons. The van der Waals surface area contributed by atoms with E-state index in [-0.39, 0.29) is 0 Å². The van der Waals surface area contributed by atoms with Gasteiger partial charge in [0, 0.05) is 25.6 Å². The number of piperidine rings is 1. The standard InChI is InChI=1S/C12H18ClN3O/c1-2-16-11(10(13)7-14-16)12(17)4-6-15-5-3-9(12)8-15/h7,9,17H,2-6,8H2,1H3. The van der Waals surface area contributed by atoms with E-state index in [2.05, 4.69) is 10.00 Å². The molecule has 0 aromatic carbocycles. The van der Waals surface area contributed by atoms with E-state index in [1.807, 2.05) is 11.6 Å². The summed E-state index contributed by atoms with van der Waals surface area (Å²) in [6.45, 7) is 5.82. The minimum absolute atomic E-state index is 0.302. The normalized spacial score (nSPS) is 36.4. The van der Waals surface area contributed by atoms with Gasteiger partial charge in [-0.05, 0) is 26.3 Å². The van der Waals surface area contributed by atoms with Crippen molar-refractivity contribution in [3.63, 3.8) is 0 Å².